The van der Waals surface area contributed by atoms with Gasteiger partial charge in [0.2, 0.25) is 0 Å². The van der Waals surface area contributed by atoms with Crippen LogP contribution in [-0.2, 0) is 0 Å². The maximum Gasteiger partial charge on any atom is 0.0801 e. The van der Waals surface area contributed by atoms with Crippen LogP contribution >= 0.6 is 0 Å². The minimum Gasteiger partial charge on any atom is -0.390 e. The van der Waals surface area contributed by atoms with Crippen LogP contribution in [-0.4, -0.2) is 22.4 Å². The van der Waals surface area contributed by atoms with Crippen molar-refractivity contribution in [3.05, 3.63) is 0 Å². The summed E-state index contributed by atoms with van der Waals surface area (Å²) >= 11 is 0. The summed E-state index contributed by atoms with van der Waals surface area (Å²) in [5.74, 6) is 0.470. The van der Waals surface area contributed by atoms with E-state index in [0.717, 1.165) is 38.5 Å². The lowest BCUT2D eigenvalue weighted by molar-refractivity contribution is -0.00292. The molecule has 3 atom stereocenters. The van der Waals surface area contributed by atoms with Crippen molar-refractivity contribution in [2.75, 3.05) is 0 Å². The average Bonchev–Trinajstić information content (AvgIpc) is 2.38. The molecule has 0 saturated carbocycles. The molecule has 0 fully saturated rings. The van der Waals surface area contributed by atoms with Crippen LogP contribution in [0.4, 0.5) is 0 Å². The highest BCUT2D eigenvalue weighted by Crippen LogP contribution is 2.33. The van der Waals surface area contributed by atoms with Crippen molar-refractivity contribution in [3.63, 3.8) is 0 Å². The second-order valence-corrected chi connectivity index (χ2v) is 7.80. The third-order valence-corrected chi connectivity index (χ3v) is 4.55. The normalized spacial score (nSPS) is 16.7. The summed E-state index contributed by atoms with van der Waals surface area (Å²) in [5, 5.41) is 20.2. The molecule has 0 amide bonds. The summed E-state index contributed by atoms with van der Waals surface area (Å²) < 4.78 is 0. The van der Waals surface area contributed by atoms with Gasteiger partial charge in [-0.3, -0.25) is 0 Å². The van der Waals surface area contributed by atoms with Crippen LogP contribution < -0.4 is 0 Å². The first kappa shape index (κ1) is 20.9. The molecule has 0 aliphatic heterocycles. The predicted octanol–water partition coefficient (Wildman–Crippen LogP) is 5.31. The van der Waals surface area contributed by atoms with Crippen LogP contribution in [0.25, 0.3) is 0 Å². The van der Waals surface area contributed by atoms with Gasteiger partial charge in [0, 0.05) is 0 Å². The van der Waals surface area contributed by atoms with Crippen molar-refractivity contribution in [3.8, 4) is 0 Å². The Balaban J connectivity index is 4.01. The lowest BCUT2D eigenvalue weighted by Crippen LogP contribution is -2.29. The second-order valence-electron chi connectivity index (χ2n) is 7.80. The summed E-state index contributed by atoms with van der Waals surface area (Å²) in [6.45, 7) is 11.3. The lowest BCUT2D eigenvalue weighted by Gasteiger charge is -2.30. The lowest BCUT2D eigenvalue weighted by atomic mass is 9.77. The smallest absolute Gasteiger partial charge is 0.0801 e. The quantitative estimate of drug-likeness (QED) is 0.452. The molecule has 2 nitrogen and oxygen atoms in total. The zero-order chi connectivity index (χ0) is 16.3. The molecule has 0 aromatic carbocycles. The maximum atomic E-state index is 10.1. The highest BCUT2D eigenvalue weighted by molar-refractivity contribution is 4.76. The molecule has 0 aromatic rings. The van der Waals surface area contributed by atoms with Crippen LogP contribution in [0.1, 0.15) is 98.8 Å². The Morgan fingerprint density at radius 3 is 2.00 bits per heavy atom. The number of aliphatic hydroxyl groups is 2. The molecule has 2 N–H and O–H groups in total. The van der Waals surface area contributed by atoms with Gasteiger partial charge in [-0.2, -0.15) is 0 Å². The van der Waals surface area contributed by atoms with E-state index in [1.807, 2.05) is 0 Å². The van der Waals surface area contributed by atoms with E-state index in [1.54, 1.807) is 0 Å². The van der Waals surface area contributed by atoms with E-state index in [1.165, 1.54) is 25.7 Å². The van der Waals surface area contributed by atoms with Crippen molar-refractivity contribution in [1.29, 1.82) is 0 Å². The third kappa shape index (κ3) is 11.2. The van der Waals surface area contributed by atoms with E-state index in [0.29, 0.717) is 11.3 Å². The number of unbranched alkanes of at least 4 members (excludes halogenated alkanes) is 4. The van der Waals surface area contributed by atoms with Gasteiger partial charge in [-0.1, -0.05) is 73.1 Å². The van der Waals surface area contributed by atoms with Crippen molar-refractivity contribution < 1.29 is 10.2 Å². The monoisotopic (exact) mass is 300 g/mol. The fraction of sp³-hybridized carbons (Fsp3) is 1.00. The maximum absolute atomic E-state index is 10.1. The molecule has 0 radical (unpaired) electrons. The second kappa shape index (κ2) is 11.5. The number of hydrogen-bond acceptors (Lipinski definition) is 2. The Labute approximate surface area is 133 Å². The minimum absolute atomic E-state index is 0.349. The molecule has 0 heterocycles. The largest absolute Gasteiger partial charge is 0.390 e. The Bertz CT molecular complexity index is 238. The van der Waals surface area contributed by atoms with E-state index >= 15 is 0 Å². The Hall–Kier alpha value is -0.0800. The Morgan fingerprint density at radius 1 is 0.857 bits per heavy atom. The molecule has 3 unspecified atom stereocenters. The van der Waals surface area contributed by atoms with Gasteiger partial charge in [-0.25, -0.2) is 0 Å². The van der Waals surface area contributed by atoms with Crippen LogP contribution in [0, 0.1) is 11.3 Å². The molecule has 0 bridgehead atoms. The van der Waals surface area contributed by atoms with E-state index in [-0.39, 0.29) is 0 Å². The molecule has 0 rings (SSSR count). The molecule has 2 heteroatoms. The van der Waals surface area contributed by atoms with Crippen molar-refractivity contribution in [2.24, 2.45) is 11.3 Å². The zero-order valence-corrected chi connectivity index (χ0v) is 15.2. The van der Waals surface area contributed by atoms with Crippen molar-refractivity contribution in [1.82, 2.24) is 0 Å². The van der Waals surface area contributed by atoms with E-state index < -0.39 is 12.2 Å². The minimum atomic E-state index is -0.553. The SMILES string of the molecule is CCCCCC(O)C(O)CC(C)CC(C)(C)CCCCC. The molecule has 0 saturated heterocycles. The zero-order valence-electron chi connectivity index (χ0n) is 15.2. The van der Waals surface area contributed by atoms with E-state index in [9.17, 15) is 10.2 Å². The van der Waals surface area contributed by atoms with Gasteiger partial charge in [-0.05, 0) is 37.0 Å². The summed E-state index contributed by atoms with van der Waals surface area (Å²) in [5.41, 5.74) is 0.349. The van der Waals surface area contributed by atoms with Crippen LogP contribution in [0.3, 0.4) is 0 Å². The van der Waals surface area contributed by atoms with Gasteiger partial charge in [0.15, 0.2) is 0 Å². The Morgan fingerprint density at radius 2 is 1.43 bits per heavy atom. The summed E-state index contributed by atoms with van der Waals surface area (Å²) in [4.78, 5) is 0. The summed E-state index contributed by atoms with van der Waals surface area (Å²) in [6, 6.07) is 0. The third-order valence-electron chi connectivity index (χ3n) is 4.55. The van der Waals surface area contributed by atoms with Crippen molar-refractivity contribution in [2.45, 2.75) is 111 Å². The van der Waals surface area contributed by atoms with Gasteiger partial charge >= 0.3 is 0 Å². The molecule has 0 aromatic heterocycles. The molecular weight excluding hydrogens is 260 g/mol. The van der Waals surface area contributed by atoms with Crippen LogP contribution in [0.2, 0.25) is 0 Å². The molecular formula is C19H40O2. The molecule has 0 aliphatic carbocycles. The molecule has 0 aliphatic rings. The first-order valence-corrected chi connectivity index (χ1v) is 9.18. The van der Waals surface area contributed by atoms with Crippen molar-refractivity contribution >= 4 is 0 Å². The number of aliphatic hydroxyl groups excluding tert-OH is 2. The standard InChI is InChI=1S/C19H40O2/c1-6-8-10-12-17(20)18(21)14-16(3)15-19(4,5)13-11-9-7-2/h16-18,20-21H,6-15H2,1-5H3. The molecule has 128 valence electrons. The van der Waals surface area contributed by atoms with Crippen LogP contribution in [0.5, 0.6) is 0 Å². The first-order valence-electron chi connectivity index (χ1n) is 9.18. The van der Waals surface area contributed by atoms with Gasteiger partial charge in [0.25, 0.3) is 0 Å². The fourth-order valence-corrected chi connectivity index (χ4v) is 3.35. The molecule has 21 heavy (non-hydrogen) atoms. The van der Waals surface area contributed by atoms with Gasteiger partial charge < -0.3 is 10.2 Å². The predicted molar refractivity (Wildman–Crippen MR) is 92.5 cm³/mol. The van der Waals surface area contributed by atoms with Gasteiger partial charge in [-0.15, -0.1) is 0 Å². The highest BCUT2D eigenvalue weighted by Gasteiger charge is 2.24. The van der Waals surface area contributed by atoms with Crippen LogP contribution in [0.15, 0.2) is 0 Å². The fourth-order valence-electron chi connectivity index (χ4n) is 3.35. The average molecular weight is 301 g/mol. The Kier molecular flexibility index (Phi) is 11.4. The van der Waals surface area contributed by atoms with E-state index in [2.05, 4.69) is 34.6 Å². The first-order chi connectivity index (χ1) is 9.82. The van der Waals surface area contributed by atoms with Gasteiger partial charge in [0.05, 0.1) is 12.2 Å². The number of hydrogen-bond donors (Lipinski definition) is 2. The highest BCUT2D eigenvalue weighted by atomic mass is 16.3. The number of rotatable bonds is 13. The van der Waals surface area contributed by atoms with Gasteiger partial charge in [0.1, 0.15) is 0 Å². The molecule has 0 spiro atoms. The summed E-state index contributed by atoms with van der Waals surface area (Å²) in [6.07, 6.45) is 9.98. The van der Waals surface area contributed by atoms with E-state index in [4.69, 9.17) is 0 Å². The summed E-state index contributed by atoms with van der Waals surface area (Å²) in [7, 11) is 0. The topological polar surface area (TPSA) is 40.5 Å².